The SMILES string of the molecule is CCCc1cc(=O)n2c(C(=O)NCc3ccccc3)c(C(=O)Nc3cc(Cl)cc(Cl)c3)sc2n1. The van der Waals surface area contributed by atoms with Crippen LogP contribution in [0.15, 0.2) is 59.4 Å². The third kappa shape index (κ3) is 5.30. The lowest BCUT2D eigenvalue weighted by atomic mass is 10.2. The molecule has 2 heterocycles. The molecule has 34 heavy (non-hydrogen) atoms. The van der Waals surface area contributed by atoms with Crippen molar-refractivity contribution >= 4 is 57.0 Å². The summed E-state index contributed by atoms with van der Waals surface area (Å²) in [6, 6.07) is 15.4. The summed E-state index contributed by atoms with van der Waals surface area (Å²) in [5, 5.41) is 6.20. The first-order valence-electron chi connectivity index (χ1n) is 10.5. The van der Waals surface area contributed by atoms with E-state index in [4.69, 9.17) is 23.2 Å². The third-order valence-corrected chi connectivity index (χ3v) is 6.39. The van der Waals surface area contributed by atoms with Crippen LogP contribution in [0, 0.1) is 0 Å². The van der Waals surface area contributed by atoms with Gasteiger partial charge in [-0.1, -0.05) is 78.2 Å². The number of aromatic nitrogens is 2. The number of rotatable bonds is 7. The molecular formula is C24H20Cl2N4O3S. The Kier molecular flexibility index (Phi) is 7.31. The number of carbonyl (C=O) groups is 2. The van der Waals surface area contributed by atoms with Crippen LogP contribution in [0.25, 0.3) is 4.96 Å². The summed E-state index contributed by atoms with van der Waals surface area (Å²) >= 11 is 13.1. The molecule has 2 aromatic carbocycles. The van der Waals surface area contributed by atoms with Gasteiger partial charge in [-0.05, 0) is 30.2 Å². The monoisotopic (exact) mass is 514 g/mol. The number of halogens is 2. The van der Waals surface area contributed by atoms with Gasteiger partial charge < -0.3 is 10.6 Å². The highest BCUT2D eigenvalue weighted by Gasteiger charge is 2.26. The number of nitrogens with one attached hydrogen (secondary N) is 2. The van der Waals surface area contributed by atoms with Gasteiger partial charge in [0.05, 0.1) is 0 Å². The molecule has 4 rings (SSSR count). The van der Waals surface area contributed by atoms with E-state index >= 15 is 0 Å². The molecular weight excluding hydrogens is 495 g/mol. The first kappa shape index (κ1) is 23.9. The van der Waals surface area contributed by atoms with Crippen molar-refractivity contribution in [3.63, 3.8) is 0 Å². The maximum absolute atomic E-state index is 13.2. The van der Waals surface area contributed by atoms with Gasteiger partial charge in [-0.2, -0.15) is 0 Å². The lowest BCUT2D eigenvalue weighted by Gasteiger charge is -2.09. The number of aryl methyl sites for hydroxylation is 1. The van der Waals surface area contributed by atoms with Crippen LogP contribution >= 0.6 is 34.5 Å². The molecule has 2 aromatic heterocycles. The van der Waals surface area contributed by atoms with E-state index in [1.807, 2.05) is 37.3 Å². The van der Waals surface area contributed by atoms with Gasteiger partial charge in [0.25, 0.3) is 17.4 Å². The number of amides is 2. The Hall–Kier alpha value is -3.20. The zero-order valence-corrected chi connectivity index (χ0v) is 20.4. The summed E-state index contributed by atoms with van der Waals surface area (Å²) in [6.45, 7) is 2.22. The van der Waals surface area contributed by atoms with Crippen LogP contribution in [0.4, 0.5) is 5.69 Å². The van der Waals surface area contributed by atoms with Crippen molar-refractivity contribution in [3.05, 3.63) is 96.8 Å². The van der Waals surface area contributed by atoms with Crippen LogP contribution in [0.1, 0.15) is 44.8 Å². The van der Waals surface area contributed by atoms with E-state index in [-0.39, 0.29) is 22.1 Å². The van der Waals surface area contributed by atoms with E-state index in [1.165, 1.54) is 22.6 Å². The number of thiazole rings is 1. The quantitative estimate of drug-likeness (QED) is 0.354. The number of hydrogen-bond donors (Lipinski definition) is 2. The average Bonchev–Trinajstić information content (AvgIpc) is 3.18. The average molecular weight is 515 g/mol. The summed E-state index contributed by atoms with van der Waals surface area (Å²) in [5.74, 6) is -1.13. The van der Waals surface area contributed by atoms with Crippen LogP contribution in [-0.2, 0) is 13.0 Å². The van der Waals surface area contributed by atoms with Crippen LogP contribution in [0.5, 0.6) is 0 Å². The standard InChI is InChI=1S/C24H20Cl2N4O3S/c1-2-6-17-12-19(31)30-20(22(32)27-13-14-7-4-3-5-8-14)21(34-24(30)29-17)23(33)28-18-10-15(25)9-16(26)11-18/h3-5,7-12H,2,6,13H2,1H3,(H,27,32)(H,28,33). The lowest BCUT2D eigenvalue weighted by molar-refractivity contribution is 0.0933. The maximum Gasteiger partial charge on any atom is 0.270 e. The molecule has 0 radical (unpaired) electrons. The highest BCUT2D eigenvalue weighted by Crippen LogP contribution is 2.26. The number of anilines is 1. The zero-order valence-electron chi connectivity index (χ0n) is 18.1. The minimum absolute atomic E-state index is 0.0555. The fraction of sp³-hybridized carbons (Fsp3) is 0.167. The molecule has 0 bridgehead atoms. The molecule has 0 atom stereocenters. The Morgan fingerprint density at radius 2 is 1.74 bits per heavy atom. The number of hydrogen-bond acceptors (Lipinski definition) is 5. The number of nitrogens with zero attached hydrogens (tertiary/aromatic N) is 2. The van der Waals surface area contributed by atoms with Gasteiger partial charge >= 0.3 is 0 Å². The second-order valence-corrected chi connectivity index (χ2v) is 9.36. The molecule has 174 valence electrons. The van der Waals surface area contributed by atoms with Crippen LogP contribution in [-0.4, -0.2) is 21.2 Å². The topological polar surface area (TPSA) is 92.6 Å². The van der Waals surface area contributed by atoms with Crippen LogP contribution < -0.4 is 16.2 Å². The van der Waals surface area contributed by atoms with Gasteiger partial charge in [0.1, 0.15) is 10.6 Å². The minimum Gasteiger partial charge on any atom is -0.347 e. The van der Waals surface area contributed by atoms with E-state index < -0.39 is 17.4 Å². The first-order valence-corrected chi connectivity index (χ1v) is 12.1. The summed E-state index contributed by atoms with van der Waals surface area (Å²) in [4.78, 5) is 44.2. The Bertz CT molecular complexity index is 1410. The van der Waals surface area contributed by atoms with Crippen LogP contribution in [0.3, 0.4) is 0 Å². The van der Waals surface area contributed by atoms with Gasteiger partial charge in [-0.3, -0.25) is 14.4 Å². The Balaban J connectivity index is 1.75. The molecule has 4 aromatic rings. The van der Waals surface area contributed by atoms with Crippen molar-refractivity contribution in [2.75, 3.05) is 5.32 Å². The summed E-state index contributed by atoms with van der Waals surface area (Å²) < 4.78 is 1.18. The predicted molar refractivity (Wildman–Crippen MR) is 135 cm³/mol. The van der Waals surface area contributed by atoms with E-state index in [2.05, 4.69) is 15.6 Å². The van der Waals surface area contributed by atoms with Crippen molar-refractivity contribution in [1.82, 2.24) is 14.7 Å². The third-order valence-electron chi connectivity index (χ3n) is 4.92. The maximum atomic E-state index is 13.2. The molecule has 0 saturated heterocycles. The molecule has 0 aliphatic heterocycles. The lowest BCUT2D eigenvalue weighted by Crippen LogP contribution is -2.30. The summed E-state index contributed by atoms with van der Waals surface area (Å²) in [5.41, 5.74) is 1.37. The normalized spacial score (nSPS) is 10.9. The summed E-state index contributed by atoms with van der Waals surface area (Å²) in [7, 11) is 0. The molecule has 0 unspecified atom stereocenters. The fourth-order valence-corrected chi connectivity index (χ4v) is 5.01. The molecule has 0 spiro atoms. The van der Waals surface area contributed by atoms with E-state index in [1.54, 1.807) is 6.07 Å². The molecule has 7 nitrogen and oxygen atoms in total. The highest BCUT2D eigenvalue weighted by molar-refractivity contribution is 7.19. The molecule has 0 fully saturated rings. The Labute approximate surface area is 209 Å². The van der Waals surface area contributed by atoms with Crippen molar-refractivity contribution in [2.45, 2.75) is 26.3 Å². The molecule has 0 aliphatic rings. The Morgan fingerprint density at radius 1 is 1.03 bits per heavy atom. The molecule has 0 saturated carbocycles. The minimum atomic E-state index is -0.574. The van der Waals surface area contributed by atoms with Crippen LogP contribution in [0.2, 0.25) is 10.0 Å². The second-order valence-electron chi connectivity index (χ2n) is 7.51. The summed E-state index contributed by atoms with van der Waals surface area (Å²) in [6.07, 6.45) is 1.42. The van der Waals surface area contributed by atoms with Gasteiger partial charge in [-0.15, -0.1) is 0 Å². The van der Waals surface area contributed by atoms with Gasteiger partial charge in [0.2, 0.25) is 0 Å². The van der Waals surface area contributed by atoms with E-state index in [0.717, 1.165) is 23.3 Å². The molecule has 2 N–H and O–H groups in total. The number of carbonyl (C=O) groups excluding carboxylic acids is 2. The largest absolute Gasteiger partial charge is 0.347 e. The van der Waals surface area contributed by atoms with Crippen molar-refractivity contribution in [3.8, 4) is 0 Å². The van der Waals surface area contributed by atoms with Gasteiger partial charge in [-0.25, -0.2) is 9.38 Å². The van der Waals surface area contributed by atoms with Crippen molar-refractivity contribution in [1.29, 1.82) is 0 Å². The number of fused-ring (bicyclic) bond motifs is 1. The zero-order chi connectivity index (χ0) is 24.2. The van der Waals surface area contributed by atoms with E-state index in [9.17, 15) is 14.4 Å². The molecule has 2 amide bonds. The molecule has 0 aliphatic carbocycles. The van der Waals surface area contributed by atoms with Gasteiger partial charge in [0, 0.05) is 34.0 Å². The first-order chi connectivity index (χ1) is 16.4. The highest BCUT2D eigenvalue weighted by atomic mass is 35.5. The number of benzene rings is 2. The Morgan fingerprint density at radius 3 is 2.41 bits per heavy atom. The predicted octanol–water partition coefficient (Wildman–Crippen LogP) is 5.20. The van der Waals surface area contributed by atoms with E-state index in [0.29, 0.717) is 27.8 Å². The molecule has 10 heteroatoms. The van der Waals surface area contributed by atoms with Gasteiger partial charge in [0.15, 0.2) is 4.96 Å². The second kappa shape index (κ2) is 10.4. The van der Waals surface area contributed by atoms with Crippen molar-refractivity contribution in [2.24, 2.45) is 0 Å². The smallest absolute Gasteiger partial charge is 0.270 e. The van der Waals surface area contributed by atoms with Crippen molar-refractivity contribution < 1.29 is 9.59 Å². The fourth-order valence-electron chi connectivity index (χ4n) is 3.44.